The molecule has 10 heteroatoms. The highest BCUT2D eigenvalue weighted by Crippen LogP contribution is 2.33. The number of aromatic nitrogens is 1. The Morgan fingerprint density at radius 1 is 0.774 bits per heavy atom. The second-order valence-corrected chi connectivity index (χ2v) is 7.51. The van der Waals surface area contributed by atoms with Crippen LogP contribution in [0.1, 0.15) is 0 Å². The first-order valence-electron chi connectivity index (χ1n) is 8.81. The Bertz CT molecular complexity index is 1410. The summed E-state index contributed by atoms with van der Waals surface area (Å²) in [6.45, 7) is 0. The molecule has 0 aliphatic carbocycles. The van der Waals surface area contributed by atoms with Crippen molar-refractivity contribution >= 4 is 55.9 Å². The quantitative estimate of drug-likeness (QED) is 0.152. The highest BCUT2D eigenvalue weighted by atomic mass is 127. The predicted octanol–water partition coefficient (Wildman–Crippen LogP) is 6.35. The number of rotatable bonds is 3. The lowest BCUT2D eigenvalue weighted by atomic mass is 10.0. The van der Waals surface area contributed by atoms with Crippen molar-refractivity contribution in [2.75, 3.05) is 0 Å². The Labute approximate surface area is 187 Å². The van der Waals surface area contributed by atoms with Crippen LogP contribution in [0.25, 0.3) is 33.1 Å². The topological polar surface area (TPSA) is 125 Å². The van der Waals surface area contributed by atoms with Gasteiger partial charge in [-0.05, 0) is 52.4 Å². The van der Waals surface area contributed by atoms with Crippen molar-refractivity contribution in [1.29, 1.82) is 0 Å². The fourth-order valence-corrected chi connectivity index (χ4v) is 3.80. The maximum atomic E-state index is 10.9. The van der Waals surface area contributed by atoms with E-state index >= 15 is 0 Å². The fourth-order valence-electron chi connectivity index (χ4n) is 3.05. The first-order chi connectivity index (χ1) is 14.9. The molecule has 5 aromatic rings. The molecule has 0 saturated carbocycles. The highest BCUT2D eigenvalue weighted by Gasteiger charge is 2.15. The number of pyridine rings is 1. The molecule has 5 rings (SSSR count). The van der Waals surface area contributed by atoms with Crippen molar-refractivity contribution in [2.24, 2.45) is 0 Å². The molecule has 0 atom stereocenters. The van der Waals surface area contributed by atoms with Crippen LogP contribution in [0.3, 0.4) is 0 Å². The Morgan fingerprint density at radius 2 is 1.32 bits per heavy atom. The van der Waals surface area contributed by atoms with Crippen molar-refractivity contribution in [3.63, 3.8) is 0 Å². The van der Waals surface area contributed by atoms with Gasteiger partial charge in [-0.3, -0.25) is 25.2 Å². The van der Waals surface area contributed by atoms with Gasteiger partial charge in [0.05, 0.1) is 25.9 Å². The number of halogens is 1. The first-order valence-corrected chi connectivity index (χ1v) is 9.89. The maximum Gasteiger partial charge on any atom is 0.271 e. The summed E-state index contributed by atoms with van der Waals surface area (Å²) in [5, 5.41) is 22.9. The van der Waals surface area contributed by atoms with Crippen LogP contribution in [0.4, 0.5) is 11.4 Å². The van der Waals surface area contributed by atoms with Gasteiger partial charge in [0.2, 0.25) is 0 Å². The molecule has 0 spiro atoms. The van der Waals surface area contributed by atoms with Crippen LogP contribution < -0.4 is 0 Å². The Morgan fingerprint density at radius 3 is 1.94 bits per heavy atom. The number of furan rings is 2. The molecule has 3 aromatic heterocycles. The maximum absolute atomic E-state index is 10.9. The normalized spacial score (nSPS) is 10.6. The first kappa shape index (κ1) is 20.5. The minimum absolute atomic E-state index is 0.0516. The highest BCUT2D eigenvalue weighted by molar-refractivity contribution is 14.1. The molecule has 0 saturated heterocycles. The molecule has 0 aliphatic heterocycles. The van der Waals surface area contributed by atoms with Gasteiger partial charge in [-0.25, -0.2) is 0 Å². The number of benzene rings is 2. The smallest absolute Gasteiger partial charge is 0.271 e. The minimum atomic E-state index is -0.408. The number of fused-ring (bicyclic) bond motifs is 2. The van der Waals surface area contributed by atoms with Crippen LogP contribution >= 0.6 is 22.6 Å². The third-order valence-corrected chi connectivity index (χ3v) is 5.24. The summed E-state index contributed by atoms with van der Waals surface area (Å²) in [5.74, 6) is 0. The summed E-state index contributed by atoms with van der Waals surface area (Å²) in [4.78, 5) is 24.5. The predicted molar refractivity (Wildman–Crippen MR) is 122 cm³/mol. The molecule has 0 fully saturated rings. The third kappa shape index (κ3) is 4.23. The molecule has 0 aliphatic rings. The van der Waals surface area contributed by atoms with E-state index < -0.39 is 9.85 Å². The SMILES string of the molecule is O=[N+]([O-])c1cc(-c2ccncc2)c2occc2c1.O=[N+]([O-])c1cc(I)c2occc2c1. The molecular formula is C21H12IN3O6. The third-order valence-electron chi connectivity index (χ3n) is 4.44. The van der Waals surface area contributed by atoms with Gasteiger partial charge in [-0.2, -0.15) is 0 Å². The van der Waals surface area contributed by atoms with Crippen molar-refractivity contribution < 1.29 is 18.7 Å². The second-order valence-electron chi connectivity index (χ2n) is 6.35. The Balaban J connectivity index is 0.000000158. The van der Waals surface area contributed by atoms with Gasteiger partial charge in [0.15, 0.2) is 0 Å². The molecule has 2 aromatic carbocycles. The summed E-state index contributed by atoms with van der Waals surface area (Å²) < 4.78 is 11.3. The molecule has 0 radical (unpaired) electrons. The van der Waals surface area contributed by atoms with Crippen molar-refractivity contribution in [2.45, 2.75) is 0 Å². The number of hydrogen-bond donors (Lipinski definition) is 0. The van der Waals surface area contributed by atoms with Crippen LogP contribution in [0.15, 0.2) is 82.3 Å². The van der Waals surface area contributed by atoms with Gasteiger partial charge in [0.25, 0.3) is 11.4 Å². The monoisotopic (exact) mass is 529 g/mol. The average Bonchev–Trinajstić information content (AvgIpc) is 3.43. The lowest BCUT2D eigenvalue weighted by Crippen LogP contribution is -1.89. The summed E-state index contributed by atoms with van der Waals surface area (Å²) in [5.41, 5.74) is 3.03. The molecule has 0 bridgehead atoms. The number of non-ortho nitro benzene ring substituents is 2. The number of nitro groups is 2. The van der Waals surface area contributed by atoms with E-state index in [-0.39, 0.29) is 11.4 Å². The molecule has 3 heterocycles. The molecule has 0 amide bonds. The van der Waals surface area contributed by atoms with Gasteiger partial charge in [-0.15, -0.1) is 0 Å². The largest absolute Gasteiger partial charge is 0.464 e. The molecular weight excluding hydrogens is 517 g/mol. The zero-order valence-electron chi connectivity index (χ0n) is 15.6. The van der Waals surface area contributed by atoms with E-state index in [2.05, 4.69) is 4.98 Å². The Kier molecular flexibility index (Phi) is 5.62. The van der Waals surface area contributed by atoms with E-state index in [1.54, 1.807) is 36.7 Å². The average molecular weight is 529 g/mol. The van der Waals surface area contributed by atoms with Gasteiger partial charge < -0.3 is 8.83 Å². The van der Waals surface area contributed by atoms with Crippen molar-refractivity contribution in [1.82, 2.24) is 4.98 Å². The summed E-state index contributed by atoms with van der Waals surface area (Å²) in [6, 6.07) is 13.0. The number of nitro benzene ring substituents is 2. The standard InChI is InChI=1S/C13H8N2O3.C8H4INO3/c16-15(17)11-7-10-3-6-18-13(10)12(8-11)9-1-4-14-5-2-9;9-7-4-6(10(11)12)3-5-1-2-13-8(5)7/h1-8H;1-4H. The van der Waals surface area contributed by atoms with Gasteiger partial charge in [0.1, 0.15) is 11.2 Å². The van der Waals surface area contributed by atoms with Gasteiger partial charge in [-0.1, -0.05) is 0 Å². The minimum Gasteiger partial charge on any atom is -0.464 e. The zero-order chi connectivity index (χ0) is 22.0. The van der Waals surface area contributed by atoms with E-state index in [1.165, 1.54) is 36.8 Å². The number of nitrogens with zero attached hydrogens (tertiary/aromatic N) is 3. The summed E-state index contributed by atoms with van der Waals surface area (Å²) >= 11 is 2.02. The molecule has 154 valence electrons. The van der Waals surface area contributed by atoms with Crippen LogP contribution in [-0.2, 0) is 0 Å². The lowest BCUT2D eigenvalue weighted by molar-refractivity contribution is -0.384. The van der Waals surface area contributed by atoms with E-state index in [0.29, 0.717) is 16.7 Å². The van der Waals surface area contributed by atoms with Crippen molar-refractivity contribution in [3.8, 4) is 11.1 Å². The molecule has 9 nitrogen and oxygen atoms in total. The van der Waals surface area contributed by atoms with Crippen molar-refractivity contribution in [3.05, 3.63) is 97.2 Å². The van der Waals surface area contributed by atoms with Crippen LogP contribution in [0.5, 0.6) is 0 Å². The van der Waals surface area contributed by atoms with Crippen LogP contribution in [-0.4, -0.2) is 14.8 Å². The van der Waals surface area contributed by atoms with Crippen LogP contribution in [0, 0.1) is 23.8 Å². The molecule has 0 N–H and O–H groups in total. The lowest BCUT2D eigenvalue weighted by Gasteiger charge is -2.02. The van der Waals surface area contributed by atoms with E-state index in [1.807, 2.05) is 22.6 Å². The Hall–Kier alpha value is -3.80. The van der Waals surface area contributed by atoms with E-state index in [0.717, 1.165) is 19.9 Å². The summed E-state index contributed by atoms with van der Waals surface area (Å²) in [6.07, 6.45) is 6.33. The second kappa shape index (κ2) is 8.52. The van der Waals surface area contributed by atoms with E-state index in [4.69, 9.17) is 8.83 Å². The van der Waals surface area contributed by atoms with Gasteiger partial charge >= 0.3 is 0 Å². The summed E-state index contributed by atoms with van der Waals surface area (Å²) in [7, 11) is 0. The fraction of sp³-hybridized carbons (Fsp3) is 0. The molecule has 31 heavy (non-hydrogen) atoms. The van der Waals surface area contributed by atoms with Gasteiger partial charge in [0, 0.05) is 53.0 Å². The molecule has 0 unspecified atom stereocenters. The van der Waals surface area contributed by atoms with Crippen LogP contribution in [0.2, 0.25) is 0 Å². The number of hydrogen-bond acceptors (Lipinski definition) is 7. The zero-order valence-corrected chi connectivity index (χ0v) is 17.8. The van der Waals surface area contributed by atoms with E-state index in [9.17, 15) is 20.2 Å².